The minimum absolute atomic E-state index is 0.0860. The molecule has 0 atom stereocenters. The Morgan fingerprint density at radius 2 is 2.00 bits per heavy atom. The van der Waals surface area contributed by atoms with E-state index in [1.54, 1.807) is 12.1 Å². The first-order valence-electron chi connectivity index (χ1n) is 6.70. The lowest BCUT2D eigenvalue weighted by atomic mass is 9.93. The summed E-state index contributed by atoms with van der Waals surface area (Å²) in [5.41, 5.74) is 0.0663. The van der Waals surface area contributed by atoms with Crippen LogP contribution >= 0.6 is 11.6 Å². The van der Waals surface area contributed by atoms with Crippen molar-refractivity contribution in [2.24, 2.45) is 0 Å². The number of Topliss-reactive ketones (excluding diaryl/α,β-unsaturated/α-hetero) is 1. The van der Waals surface area contributed by atoms with Gasteiger partial charge in [0, 0.05) is 31.6 Å². The van der Waals surface area contributed by atoms with Crippen LogP contribution in [-0.4, -0.2) is 41.0 Å². The molecule has 0 unspecified atom stereocenters. The zero-order valence-electron chi connectivity index (χ0n) is 11.2. The predicted molar refractivity (Wildman–Crippen MR) is 76.7 cm³/mol. The summed E-state index contributed by atoms with van der Waals surface area (Å²) in [5.74, 6) is 0.0860. The lowest BCUT2D eigenvalue weighted by Gasteiger charge is -2.35. The van der Waals surface area contributed by atoms with Crippen molar-refractivity contribution in [2.75, 3.05) is 19.6 Å². The van der Waals surface area contributed by atoms with E-state index in [9.17, 15) is 9.90 Å². The van der Waals surface area contributed by atoms with E-state index in [4.69, 9.17) is 11.6 Å². The molecule has 0 amide bonds. The van der Waals surface area contributed by atoms with Crippen molar-refractivity contribution in [3.63, 3.8) is 0 Å². The Morgan fingerprint density at radius 1 is 1.37 bits per heavy atom. The molecule has 1 aliphatic rings. The first-order valence-corrected chi connectivity index (χ1v) is 7.08. The molecule has 0 aromatic heterocycles. The van der Waals surface area contributed by atoms with E-state index >= 15 is 0 Å². The van der Waals surface area contributed by atoms with Gasteiger partial charge in [0.15, 0.2) is 5.78 Å². The zero-order valence-corrected chi connectivity index (χ0v) is 12.0. The molecule has 1 N–H and O–H groups in total. The van der Waals surface area contributed by atoms with Crippen molar-refractivity contribution in [1.29, 1.82) is 0 Å². The van der Waals surface area contributed by atoms with Gasteiger partial charge >= 0.3 is 0 Å². The van der Waals surface area contributed by atoms with E-state index in [1.807, 2.05) is 19.1 Å². The molecule has 1 aromatic carbocycles. The molecule has 1 fully saturated rings. The van der Waals surface area contributed by atoms with Gasteiger partial charge in [-0.3, -0.25) is 4.79 Å². The molecule has 0 saturated carbocycles. The van der Waals surface area contributed by atoms with Crippen molar-refractivity contribution < 1.29 is 9.90 Å². The van der Waals surface area contributed by atoms with Crippen LogP contribution in [0.2, 0.25) is 5.02 Å². The summed E-state index contributed by atoms with van der Waals surface area (Å²) in [4.78, 5) is 14.3. The van der Waals surface area contributed by atoms with Crippen molar-refractivity contribution in [3.05, 3.63) is 34.9 Å². The Labute approximate surface area is 119 Å². The van der Waals surface area contributed by atoms with Gasteiger partial charge in [-0.15, -0.1) is 0 Å². The van der Waals surface area contributed by atoms with Crippen molar-refractivity contribution in [1.82, 2.24) is 4.90 Å². The van der Waals surface area contributed by atoms with Crippen molar-refractivity contribution in [2.45, 2.75) is 31.8 Å². The lowest BCUT2D eigenvalue weighted by molar-refractivity contribution is -0.00505. The maximum absolute atomic E-state index is 12.1. The van der Waals surface area contributed by atoms with Crippen molar-refractivity contribution in [3.8, 4) is 0 Å². The maximum atomic E-state index is 12.1. The summed E-state index contributed by atoms with van der Waals surface area (Å²) in [6.45, 7) is 4.31. The molecular formula is C15H20ClNO2. The highest BCUT2D eigenvalue weighted by molar-refractivity contribution is 6.33. The third-order valence-corrected chi connectivity index (χ3v) is 4.09. The smallest absolute Gasteiger partial charge is 0.165 e. The fraction of sp³-hybridized carbons (Fsp3) is 0.533. The second kappa shape index (κ2) is 6.04. The quantitative estimate of drug-likeness (QED) is 0.863. The second-order valence-corrected chi connectivity index (χ2v) is 5.90. The first kappa shape index (κ1) is 14.5. The van der Waals surface area contributed by atoms with Gasteiger partial charge in [-0.05, 0) is 31.9 Å². The first-order chi connectivity index (χ1) is 8.98. The lowest BCUT2D eigenvalue weighted by Crippen LogP contribution is -2.43. The Balaban J connectivity index is 1.83. The van der Waals surface area contributed by atoms with Gasteiger partial charge in [-0.2, -0.15) is 0 Å². The number of halogens is 1. The summed E-state index contributed by atoms with van der Waals surface area (Å²) in [6.07, 6.45) is 2.02. The van der Waals surface area contributed by atoms with E-state index in [1.165, 1.54) is 0 Å². The van der Waals surface area contributed by atoms with E-state index in [0.29, 0.717) is 17.0 Å². The van der Waals surface area contributed by atoms with E-state index in [-0.39, 0.29) is 5.78 Å². The van der Waals surface area contributed by atoms with Gasteiger partial charge < -0.3 is 10.0 Å². The number of nitrogens with zero attached hydrogens (tertiary/aromatic N) is 1. The molecule has 2 rings (SSSR count). The normalized spacial score (nSPS) is 19.3. The molecule has 3 nitrogen and oxygen atoms in total. The topological polar surface area (TPSA) is 40.5 Å². The highest BCUT2D eigenvalue weighted by Crippen LogP contribution is 2.22. The molecule has 19 heavy (non-hydrogen) atoms. The van der Waals surface area contributed by atoms with Crippen LogP contribution in [0.1, 0.15) is 36.5 Å². The Kier molecular flexibility index (Phi) is 4.61. The Bertz CT molecular complexity index is 449. The summed E-state index contributed by atoms with van der Waals surface area (Å²) in [6, 6.07) is 7.17. The molecule has 1 heterocycles. The fourth-order valence-corrected chi connectivity index (χ4v) is 2.58. The number of aliphatic hydroxyl groups is 1. The van der Waals surface area contributed by atoms with Gasteiger partial charge in [-0.1, -0.05) is 23.7 Å². The summed E-state index contributed by atoms with van der Waals surface area (Å²) in [7, 11) is 0. The summed E-state index contributed by atoms with van der Waals surface area (Å²) >= 11 is 6.01. The van der Waals surface area contributed by atoms with Gasteiger partial charge in [-0.25, -0.2) is 0 Å². The molecule has 0 spiro atoms. The van der Waals surface area contributed by atoms with Crippen molar-refractivity contribution >= 4 is 17.4 Å². The third-order valence-electron chi connectivity index (χ3n) is 3.76. The van der Waals surface area contributed by atoms with Crippen LogP contribution in [0, 0.1) is 0 Å². The predicted octanol–water partition coefficient (Wildman–Crippen LogP) is 2.76. The molecule has 1 aliphatic heterocycles. The Morgan fingerprint density at radius 3 is 2.63 bits per heavy atom. The molecule has 0 radical (unpaired) electrons. The fourth-order valence-electron chi connectivity index (χ4n) is 2.34. The number of ketones is 1. The van der Waals surface area contributed by atoms with Crippen LogP contribution in [-0.2, 0) is 0 Å². The van der Waals surface area contributed by atoms with Gasteiger partial charge in [0.1, 0.15) is 0 Å². The molecule has 0 aliphatic carbocycles. The molecule has 1 aromatic rings. The zero-order chi connectivity index (χ0) is 13.9. The summed E-state index contributed by atoms with van der Waals surface area (Å²) in [5, 5.41) is 10.4. The van der Waals surface area contributed by atoms with E-state index < -0.39 is 5.60 Å². The van der Waals surface area contributed by atoms with Crippen LogP contribution in [0.15, 0.2) is 24.3 Å². The third kappa shape index (κ3) is 4.03. The minimum Gasteiger partial charge on any atom is -0.390 e. The largest absolute Gasteiger partial charge is 0.390 e. The molecule has 1 saturated heterocycles. The number of piperidine rings is 1. The number of hydrogen-bond acceptors (Lipinski definition) is 3. The monoisotopic (exact) mass is 281 g/mol. The molecular weight excluding hydrogens is 262 g/mol. The van der Waals surface area contributed by atoms with Crippen LogP contribution in [0.3, 0.4) is 0 Å². The SMILES string of the molecule is CC1(O)CCN(CCC(=O)c2ccccc2Cl)CC1. The second-order valence-electron chi connectivity index (χ2n) is 5.49. The van der Waals surface area contributed by atoms with Crippen LogP contribution in [0.5, 0.6) is 0 Å². The standard InChI is InChI=1S/C15H20ClNO2/c1-15(19)7-10-17(11-8-15)9-6-14(18)12-4-2-3-5-13(12)16/h2-5,19H,6-11H2,1H3. The average molecular weight is 282 g/mol. The number of hydrogen-bond donors (Lipinski definition) is 1. The number of carbonyl (C=O) groups excluding carboxylic acids is 1. The van der Waals surface area contributed by atoms with Gasteiger partial charge in [0.2, 0.25) is 0 Å². The van der Waals surface area contributed by atoms with Gasteiger partial charge in [0.05, 0.1) is 10.6 Å². The van der Waals surface area contributed by atoms with Crippen LogP contribution in [0.4, 0.5) is 0 Å². The number of benzene rings is 1. The van der Waals surface area contributed by atoms with E-state index in [0.717, 1.165) is 32.5 Å². The highest BCUT2D eigenvalue weighted by Gasteiger charge is 2.27. The van der Waals surface area contributed by atoms with Crippen LogP contribution in [0.25, 0.3) is 0 Å². The number of carbonyl (C=O) groups is 1. The minimum atomic E-state index is -0.538. The number of rotatable bonds is 4. The number of likely N-dealkylation sites (tertiary alicyclic amines) is 1. The average Bonchev–Trinajstić information content (AvgIpc) is 2.38. The summed E-state index contributed by atoms with van der Waals surface area (Å²) < 4.78 is 0. The highest BCUT2D eigenvalue weighted by atomic mass is 35.5. The van der Waals surface area contributed by atoms with E-state index in [2.05, 4.69) is 4.90 Å². The molecule has 0 bridgehead atoms. The maximum Gasteiger partial charge on any atom is 0.165 e. The van der Waals surface area contributed by atoms with Crippen LogP contribution < -0.4 is 0 Å². The van der Waals surface area contributed by atoms with Gasteiger partial charge in [0.25, 0.3) is 0 Å². The molecule has 4 heteroatoms. The molecule has 104 valence electrons. The Hall–Kier alpha value is -0.900.